The monoisotopic (exact) mass is 288 g/mol. The van der Waals surface area contributed by atoms with Gasteiger partial charge < -0.3 is 4.74 Å². The van der Waals surface area contributed by atoms with E-state index in [4.69, 9.17) is 4.74 Å². The number of esters is 1. The van der Waals surface area contributed by atoms with Crippen LogP contribution < -0.4 is 0 Å². The van der Waals surface area contributed by atoms with Gasteiger partial charge in [0.15, 0.2) is 0 Å². The highest BCUT2D eigenvalue weighted by atomic mass is 32.2. The lowest BCUT2D eigenvalue weighted by molar-refractivity contribution is 0.0600. The second kappa shape index (κ2) is 7.01. The first-order valence-corrected chi connectivity index (χ1v) is 7.74. The lowest BCUT2D eigenvalue weighted by Crippen LogP contribution is -2.08. The Bertz CT molecular complexity index is 608. The molecule has 2 rings (SSSR count). The molecular weight excluding hydrogens is 272 g/mol. The van der Waals surface area contributed by atoms with E-state index in [1.165, 1.54) is 7.11 Å². The number of carbonyl (C=O) groups excluding carboxylic acids is 1. The highest BCUT2D eigenvalue weighted by Crippen LogP contribution is 2.14. The zero-order valence-electron chi connectivity index (χ0n) is 11.2. The van der Waals surface area contributed by atoms with Gasteiger partial charge in [0.25, 0.3) is 0 Å². The van der Waals surface area contributed by atoms with Gasteiger partial charge in [0, 0.05) is 22.3 Å². The van der Waals surface area contributed by atoms with Crippen LogP contribution in [0.1, 0.15) is 21.5 Å². The maximum Gasteiger partial charge on any atom is 0.338 e. The molecule has 0 aliphatic heterocycles. The summed E-state index contributed by atoms with van der Waals surface area (Å²) in [5.74, 6) is 0.438. The zero-order valence-corrected chi connectivity index (χ0v) is 12.1. The molecule has 104 valence electrons. The summed E-state index contributed by atoms with van der Waals surface area (Å²) in [6, 6.07) is 16.8. The van der Waals surface area contributed by atoms with E-state index in [1.54, 1.807) is 12.1 Å². The van der Waals surface area contributed by atoms with Crippen LogP contribution in [-0.2, 0) is 27.0 Å². The van der Waals surface area contributed by atoms with Crippen molar-refractivity contribution in [2.75, 3.05) is 7.11 Å². The maximum absolute atomic E-state index is 12.2. The molecule has 0 heterocycles. The van der Waals surface area contributed by atoms with Crippen LogP contribution in [0.4, 0.5) is 0 Å². The van der Waals surface area contributed by atoms with Crippen molar-refractivity contribution in [3.63, 3.8) is 0 Å². The lowest BCUT2D eigenvalue weighted by Gasteiger charge is -2.07. The molecular formula is C16H16O3S. The van der Waals surface area contributed by atoms with Crippen molar-refractivity contribution in [3.05, 3.63) is 71.3 Å². The van der Waals surface area contributed by atoms with Crippen molar-refractivity contribution in [3.8, 4) is 0 Å². The third-order valence-electron chi connectivity index (χ3n) is 2.91. The first kappa shape index (κ1) is 14.5. The average molecular weight is 288 g/mol. The molecule has 0 fully saturated rings. The third kappa shape index (κ3) is 3.78. The Balaban J connectivity index is 2.10. The summed E-state index contributed by atoms with van der Waals surface area (Å²) >= 11 is 0. The van der Waals surface area contributed by atoms with Crippen molar-refractivity contribution in [2.24, 2.45) is 0 Å². The minimum Gasteiger partial charge on any atom is -0.465 e. The van der Waals surface area contributed by atoms with Crippen molar-refractivity contribution in [1.82, 2.24) is 0 Å². The van der Waals surface area contributed by atoms with E-state index < -0.39 is 16.8 Å². The minimum atomic E-state index is -1.06. The summed E-state index contributed by atoms with van der Waals surface area (Å²) < 4.78 is 16.9. The Morgan fingerprint density at radius 3 is 2.35 bits per heavy atom. The highest BCUT2D eigenvalue weighted by Gasteiger charge is 2.13. The van der Waals surface area contributed by atoms with E-state index >= 15 is 0 Å². The molecule has 0 saturated heterocycles. The van der Waals surface area contributed by atoms with Crippen LogP contribution in [0, 0.1) is 0 Å². The lowest BCUT2D eigenvalue weighted by atomic mass is 10.1. The maximum atomic E-state index is 12.2. The van der Waals surface area contributed by atoms with Gasteiger partial charge in [-0.15, -0.1) is 0 Å². The van der Waals surface area contributed by atoms with Gasteiger partial charge in [-0.2, -0.15) is 0 Å². The molecule has 20 heavy (non-hydrogen) atoms. The largest absolute Gasteiger partial charge is 0.465 e. The minimum absolute atomic E-state index is 0.347. The first-order chi connectivity index (χ1) is 9.70. The van der Waals surface area contributed by atoms with Gasteiger partial charge in [0.1, 0.15) is 0 Å². The highest BCUT2D eigenvalue weighted by molar-refractivity contribution is 7.83. The van der Waals surface area contributed by atoms with Crippen molar-refractivity contribution < 1.29 is 13.7 Å². The van der Waals surface area contributed by atoms with E-state index in [0.29, 0.717) is 17.1 Å². The number of hydrogen-bond donors (Lipinski definition) is 0. The molecule has 0 bridgehead atoms. The Hall–Kier alpha value is -1.94. The van der Waals surface area contributed by atoms with Crippen LogP contribution in [0.5, 0.6) is 0 Å². The van der Waals surface area contributed by atoms with Gasteiger partial charge in [-0.05, 0) is 17.2 Å². The molecule has 0 spiro atoms. The predicted molar refractivity (Wildman–Crippen MR) is 79.8 cm³/mol. The number of benzene rings is 2. The number of hydrogen-bond acceptors (Lipinski definition) is 3. The number of ether oxygens (including phenoxy) is 1. The van der Waals surface area contributed by atoms with Gasteiger partial charge in [-0.1, -0.05) is 48.5 Å². The quantitative estimate of drug-likeness (QED) is 0.795. The molecule has 2 aromatic rings. The number of carbonyl (C=O) groups is 1. The van der Waals surface area contributed by atoms with E-state index in [1.807, 2.05) is 42.5 Å². The van der Waals surface area contributed by atoms with E-state index in [0.717, 1.165) is 11.1 Å². The number of rotatable bonds is 5. The van der Waals surface area contributed by atoms with Crippen LogP contribution >= 0.6 is 0 Å². The van der Waals surface area contributed by atoms with Crippen molar-refractivity contribution in [2.45, 2.75) is 11.5 Å². The van der Waals surface area contributed by atoms with Gasteiger partial charge in [0.2, 0.25) is 0 Å². The molecule has 4 heteroatoms. The molecule has 0 saturated carbocycles. The Labute approximate surface area is 121 Å². The van der Waals surface area contributed by atoms with Gasteiger partial charge in [0.05, 0.1) is 12.7 Å². The molecule has 1 atom stereocenters. The standard InChI is InChI=1S/C16H16O3S/c1-19-16(17)15-10-6-5-9-14(15)12-20(18)11-13-7-3-2-4-8-13/h2-10H,11-12H2,1H3. The molecule has 0 amide bonds. The Morgan fingerprint density at radius 1 is 1.00 bits per heavy atom. The van der Waals surface area contributed by atoms with Gasteiger partial charge in [-0.25, -0.2) is 4.79 Å². The van der Waals surface area contributed by atoms with E-state index in [-0.39, 0.29) is 0 Å². The Morgan fingerprint density at radius 2 is 1.65 bits per heavy atom. The molecule has 0 aromatic heterocycles. The second-order valence-corrected chi connectivity index (χ2v) is 5.82. The predicted octanol–water partition coefficient (Wildman–Crippen LogP) is 2.92. The van der Waals surface area contributed by atoms with Crippen molar-refractivity contribution in [1.29, 1.82) is 0 Å². The first-order valence-electron chi connectivity index (χ1n) is 6.26. The van der Waals surface area contributed by atoms with Crippen LogP contribution in [0.3, 0.4) is 0 Å². The molecule has 1 unspecified atom stereocenters. The molecule has 0 aliphatic carbocycles. The van der Waals surface area contributed by atoms with Crippen LogP contribution in [0.25, 0.3) is 0 Å². The summed E-state index contributed by atoms with van der Waals surface area (Å²) in [5.41, 5.74) is 2.27. The molecule has 0 N–H and O–H groups in total. The number of methoxy groups -OCH3 is 1. The molecule has 2 aromatic carbocycles. The van der Waals surface area contributed by atoms with Crippen LogP contribution in [-0.4, -0.2) is 17.3 Å². The summed E-state index contributed by atoms with van der Waals surface area (Å²) in [4.78, 5) is 11.7. The van der Waals surface area contributed by atoms with Gasteiger partial charge in [-0.3, -0.25) is 4.21 Å². The molecule has 3 nitrogen and oxygen atoms in total. The normalized spacial score (nSPS) is 11.8. The summed E-state index contributed by atoms with van der Waals surface area (Å²) in [6.07, 6.45) is 0. The van der Waals surface area contributed by atoms with E-state index in [2.05, 4.69) is 0 Å². The average Bonchev–Trinajstić information content (AvgIpc) is 2.48. The fourth-order valence-corrected chi connectivity index (χ4v) is 3.20. The summed E-state index contributed by atoms with van der Waals surface area (Å²) in [6.45, 7) is 0. The Kier molecular flexibility index (Phi) is 5.07. The fourth-order valence-electron chi connectivity index (χ4n) is 1.94. The van der Waals surface area contributed by atoms with Crippen molar-refractivity contribution >= 4 is 16.8 Å². The summed E-state index contributed by atoms with van der Waals surface area (Å²) in [7, 11) is 0.289. The third-order valence-corrected chi connectivity index (χ3v) is 4.20. The fraction of sp³-hybridized carbons (Fsp3) is 0.188. The smallest absolute Gasteiger partial charge is 0.338 e. The zero-order chi connectivity index (χ0) is 14.4. The van der Waals surface area contributed by atoms with Crippen LogP contribution in [0.15, 0.2) is 54.6 Å². The van der Waals surface area contributed by atoms with Gasteiger partial charge >= 0.3 is 5.97 Å². The molecule has 0 aliphatic rings. The summed E-state index contributed by atoms with van der Waals surface area (Å²) in [5, 5.41) is 0. The SMILES string of the molecule is COC(=O)c1ccccc1CS(=O)Cc1ccccc1. The van der Waals surface area contributed by atoms with E-state index in [9.17, 15) is 9.00 Å². The molecule has 0 radical (unpaired) electrons. The van der Waals surface area contributed by atoms with Crippen LogP contribution in [0.2, 0.25) is 0 Å². The second-order valence-electron chi connectivity index (χ2n) is 4.36. The topological polar surface area (TPSA) is 43.4 Å².